The Morgan fingerprint density at radius 2 is 1.53 bits per heavy atom. The first-order valence-electron chi connectivity index (χ1n) is 14.3. The first-order chi connectivity index (χ1) is 16.5. The molecule has 6 nitrogen and oxygen atoms in total. The number of aliphatic hydroxyl groups is 2. The maximum absolute atomic E-state index is 13.6. The van der Waals surface area contributed by atoms with Gasteiger partial charge in [0.15, 0.2) is 6.10 Å². The Labute approximate surface area is 216 Å². The summed E-state index contributed by atoms with van der Waals surface area (Å²) >= 11 is 0. The van der Waals surface area contributed by atoms with Crippen molar-refractivity contribution in [1.82, 2.24) is 0 Å². The van der Waals surface area contributed by atoms with Crippen LogP contribution in [0.25, 0.3) is 0 Å². The molecule has 4 aliphatic carbocycles. The van der Waals surface area contributed by atoms with Crippen LogP contribution in [-0.4, -0.2) is 45.6 Å². The zero-order valence-corrected chi connectivity index (χ0v) is 23.4. The van der Waals surface area contributed by atoms with E-state index in [-0.39, 0.29) is 52.9 Å². The highest BCUT2D eigenvalue weighted by Crippen LogP contribution is 2.78. The van der Waals surface area contributed by atoms with Crippen molar-refractivity contribution in [3.8, 4) is 0 Å². The lowest BCUT2D eigenvalue weighted by atomic mass is 9.29. The van der Waals surface area contributed by atoms with Crippen molar-refractivity contribution in [2.45, 2.75) is 125 Å². The van der Waals surface area contributed by atoms with Gasteiger partial charge in [0, 0.05) is 10.8 Å². The Balaban J connectivity index is 1.66. The van der Waals surface area contributed by atoms with Gasteiger partial charge in [0.2, 0.25) is 0 Å². The Kier molecular flexibility index (Phi) is 5.67. The van der Waals surface area contributed by atoms with Crippen LogP contribution < -0.4 is 0 Å². The van der Waals surface area contributed by atoms with Gasteiger partial charge in [0.05, 0.1) is 11.5 Å². The standard InChI is InChI=1S/C30H48O6/c1-17-27(5)9-8-19-28(6)13-12-26(4)11-10-25(2,3)15-21(26)30(28,24(34)35)16-22(32)29(19,7)20(27)14-18(31)23(33)36-17/h17-22,31-32H,8-16H2,1-7H3,(H,34,35)/t17-,18+,19-,20-,21-,22+,26-,27-,28-,29-,30+/m1/s1. The van der Waals surface area contributed by atoms with E-state index in [0.717, 1.165) is 44.9 Å². The van der Waals surface area contributed by atoms with E-state index < -0.39 is 40.4 Å². The molecule has 1 heterocycles. The van der Waals surface area contributed by atoms with Gasteiger partial charge in [-0.05, 0) is 98.7 Å². The Morgan fingerprint density at radius 3 is 2.17 bits per heavy atom. The number of fused-ring (bicyclic) bond motifs is 7. The molecule has 5 aliphatic rings. The summed E-state index contributed by atoms with van der Waals surface area (Å²) in [6.45, 7) is 15.3. The fourth-order valence-corrected chi connectivity index (χ4v) is 10.9. The second-order valence-electron chi connectivity index (χ2n) is 15.3. The normalized spacial score (nSPS) is 56.2. The molecule has 36 heavy (non-hydrogen) atoms. The fourth-order valence-electron chi connectivity index (χ4n) is 10.9. The van der Waals surface area contributed by atoms with Gasteiger partial charge in [-0.15, -0.1) is 0 Å². The Hall–Kier alpha value is -1.14. The summed E-state index contributed by atoms with van der Waals surface area (Å²) in [5.41, 5.74) is -2.40. The van der Waals surface area contributed by atoms with Crippen LogP contribution in [0.15, 0.2) is 0 Å². The first-order valence-corrected chi connectivity index (χ1v) is 14.3. The number of aliphatic hydroxyl groups excluding tert-OH is 2. The van der Waals surface area contributed by atoms with Crippen molar-refractivity contribution in [3.05, 3.63) is 0 Å². The molecule has 0 unspecified atom stereocenters. The number of hydrogen-bond acceptors (Lipinski definition) is 5. The minimum Gasteiger partial charge on any atom is -0.481 e. The monoisotopic (exact) mass is 504 g/mol. The lowest BCUT2D eigenvalue weighted by Crippen LogP contribution is -2.73. The van der Waals surface area contributed by atoms with Gasteiger partial charge in [-0.3, -0.25) is 4.79 Å². The molecule has 0 radical (unpaired) electrons. The van der Waals surface area contributed by atoms with Crippen LogP contribution in [-0.2, 0) is 14.3 Å². The number of carbonyl (C=O) groups excluding carboxylic acids is 1. The molecule has 0 aromatic rings. The van der Waals surface area contributed by atoms with Gasteiger partial charge in [0.25, 0.3) is 0 Å². The van der Waals surface area contributed by atoms with Crippen LogP contribution in [0.2, 0.25) is 0 Å². The summed E-state index contributed by atoms with van der Waals surface area (Å²) in [5.74, 6) is -1.45. The molecule has 4 saturated carbocycles. The van der Waals surface area contributed by atoms with Crippen molar-refractivity contribution in [3.63, 3.8) is 0 Å². The Bertz CT molecular complexity index is 961. The van der Waals surface area contributed by atoms with E-state index >= 15 is 0 Å². The highest BCUT2D eigenvalue weighted by Gasteiger charge is 2.77. The van der Waals surface area contributed by atoms with Crippen LogP contribution in [0.3, 0.4) is 0 Å². The van der Waals surface area contributed by atoms with Crippen molar-refractivity contribution in [2.24, 2.45) is 50.2 Å². The highest BCUT2D eigenvalue weighted by molar-refractivity contribution is 5.78. The topological polar surface area (TPSA) is 104 Å². The van der Waals surface area contributed by atoms with Crippen LogP contribution in [0.1, 0.15) is 106 Å². The number of aliphatic carboxylic acids is 1. The predicted octanol–water partition coefficient (Wildman–Crippen LogP) is 5.19. The molecule has 6 heteroatoms. The minimum atomic E-state index is -1.21. The zero-order valence-electron chi connectivity index (χ0n) is 23.4. The van der Waals surface area contributed by atoms with E-state index in [1.807, 2.05) is 6.92 Å². The molecular weight excluding hydrogens is 456 g/mol. The quantitative estimate of drug-likeness (QED) is 0.425. The number of ether oxygens (including phenoxy) is 1. The third kappa shape index (κ3) is 3.09. The van der Waals surface area contributed by atoms with Gasteiger partial charge in [-0.1, -0.05) is 41.5 Å². The number of esters is 1. The van der Waals surface area contributed by atoms with Gasteiger partial charge in [-0.25, -0.2) is 4.79 Å². The summed E-state index contributed by atoms with van der Waals surface area (Å²) in [5, 5.41) is 34.0. The SMILES string of the molecule is C[C@H]1OC(=O)[C@@H](O)C[C@@H]2[C@]1(C)CC[C@H]1[C@@]2(C)[C@@H](O)C[C@@]2(C(=O)O)[C@@H]3CC(C)(C)CC[C@]3(C)CC[C@]12C. The van der Waals surface area contributed by atoms with Crippen LogP contribution in [0.4, 0.5) is 0 Å². The molecule has 5 fully saturated rings. The summed E-state index contributed by atoms with van der Waals surface area (Å²) < 4.78 is 5.69. The third-order valence-corrected chi connectivity index (χ3v) is 13.4. The summed E-state index contributed by atoms with van der Waals surface area (Å²) in [6.07, 6.45) is 4.58. The van der Waals surface area contributed by atoms with Crippen molar-refractivity contribution < 1.29 is 29.6 Å². The molecule has 0 amide bonds. The second-order valence-corrected chi connectivity index (χ2v) is 15.3. The molecule has 1 aliphatic heterocycles. The number of carbonyl (C=O) groups is 2. The number of hydrogen-bond donors (Lipinski definition) is 3. The average Bonchev–Trinajstić information content (AvgIpc) is 2.86. The maximum atomic E-state index is 13.6. The summed E-state index contributed by atoms with van der Waals surface area (Å²) in [4.78, 5) is 26.1. The van der Waals surface area contributed by atoms with E-state index in [1.165, 1.54) is 0 Å². The van der Waals surface area contributed by atoms with Crippen molar-refractivity contribution >= 4 is 11.9 Å². The molecule has 3 N–H and O–H groups in total. The van der Waals surface area contributed by atoms with Gasteiger partial charge in [0.1, 0.15) is 6.10 Å². The molecule has 0 aromatic heterocycles. The lowest BCUT2D eigenvalue weighted by molar-refractivity contribution is -0.290. The second kappa shape index (κ2) is 7.71. The molecule has 11 atom stereocenters. The van der Waals surface area contributed by atoms with Gasteiger partial charge in [-0.2, -0.15) is 0 Å². The van der Waals surface area contributed by atoms with Gasteiger partial charge >= 0.3 is 11.9 Å². The average molecular weight is 505 g/mol. The molecule has 1 saturated heterocycles. The zero-order chi connectivity index (χ0) is 26.7. The maximum Gasteiger partial charge on any atom is 0.335 e. The number of rotatable bonds is 1. The lowest BCUT2D eigenvalue weighted by Gasteiger charge is -2.74. The van der Waals surface area contributed by atoms with Crippen molar-refractivity contribution in [2.75, 3.05) is 0 Å². The minimum absolute atomic E-state index is 0.00915. The smallest absolute Gasteiger partial charge is 0.335 e. The molecular formula is C30H48O6. The van der Waals surface area contributed by atoms with Crippen LogP contribution >= 0.6 is 0 Å². The molecule has 204 valence electrons. The predicted molar refractivity (Wildman–Crippen MR) is 136 cm³/mol. The fraction of sp³-hybridized carbons (Fsp3) is 0.933. The Morgan fingerprint density at radius 1 is 0.889 bits per heavy atom. The van der Waals surface area contributed by atoms with Crippen LogP contribution in [0, 0.1) is 50.2 Å². The van der Waals surface area contributed by atoms with Gasteiger partial charge < -0.3 is 20.1 Å². The third-order valence-electron chi connectivity index (χ3n) is 13.4. The highest BCUT2D eigenvalue weighted by atomic mass is 16.6. The van der Waals surface area contributed by atoms with E-state index in [1.54, 1.807) is 0 Å². The van der Waals surface area contributed by atoms with E-state index in [0.29, 0.717) is 0 Å². The molecule has 0 spiro atoms. The molecule has 0 aromatic carbocycles. The van der Waals surface area contributed by atoms with Crippen LogP contribution in [0.5, 0.6) is 0 Å². The summed E-state index contributed by atoms with van der Waals surface area (Å²) in [7, 11) is 0. The number of carboxylic acid groups (broad SMARTS) is 1. The molecule has 5 rings (SSSR count). The van der Waals surface area contributed by atoms with Crippen molar-refractivity contribution in [1.29, 1.82) is 0 Å². The van der Waals surface area contributed by atoms with E-state index in [2.05, 4.69) is 41.5 Å². The number of carboxylic acids is 1. The first kappa shape index (κ1) is 26.5. The largest absolute Gasteiger partial charge is 0.481 e. The van der Waals surface area contributed by atoms with E-state index in [9.17, 15) is 24.9 Å². The van der Waals surface area contributed by atoms with E-state index in [4.69, 9.17) is 4.74 Å². The molecule has 0 bridgehead atoms. The number of cyclic esters (lactones) is 1. The summed E-state index contributed by atoms with van der Waals surface area (Å²) in [6, 6.07) is 0.